The zero-order valence-electron chi connectivity index (χ0n) is 11.5. The quantitative estimate of drug-likeness (QED) is 0.502. The Labute approximate surface area is 108 Å². The third-order valence-corrected chi connectivity index (χ3v) is 2.19. The van der Waals surface area contributed by atoms with Crippen LogP contribution in [0.3, 0.4) is 0 Å². The van der Waals surface area contributed by atoms with E-state index in [1.165, 1.54) is 13.8 Å². The van der Waals surface area contributed by atoms with Crippen molar-refractivity contribution in [1.82, 2.24) is 10.6 Å². The van der Waals surface area contributed by atoms with E-state index in [-0.39, 0.29) is 11.8 Å². The van der Waals surface area contributed by atoms with Gasteiger partial charge < -0.3 is 10.6 Å². The van der Waals surface area contributed by atoms with E-state index in [1.54, 1.807) is 0 Å². The molecule has 0 aromatic rings. The average Bonchev–Trinajstić information content (AvgIpc) is 2.29. The summed E-state index contributed by atoms with van der Waals surface area (Å²) in [5, 5.41) is 5.34. The normalized spacial score (nSPS) is 12.2. The van der Waals surface area contributed by atoms with E-state index in [9.17, 15) is 9.59 Å². The highest BCUT2D eigenvalue weighted by Crippen LogP contribution is 1.85. The van der Waals surface area contributed by atoms with Gasteiger partial charge in [0.15, 0.2) is 0 Å². The summed E-state index contributed by atoms with van der Waals surface area (Å²) in [4.78, 5) is 29.9. The van der Waals surface area contributed by atoms with Crippen molar-refractivity contribution in [2.45, 2.75) is 27.7 Å². The van der Waals surface area contributed by atoms with Gasteiger partial charge in [-0.05, 0) is 13.8 Å². The Morgan fingerprint density at radius 3 is 1.39 bits per heavy atom. The topological polar surface area (TPSA) is 82.9 Å². The average molecular weight is 254 g/mol. The van der Waals surface area contributed by atoms with Crippen LogP contribution in [0.2, 0.25) is 0 Å². The summed E-state index contributed by atoms with van der Waals surface area (Å²) < 4.78 is 0. The molecule has 0 aliphatic carbocycles. The maximum absolute atomic E-state index is 10.6. The molecular formula is C12H22N4O2. The van der Waals surface area contributed by atoms with E-state index < -0.39 is 0 Å². The fourth-order valence-electron chi connectivity index (χ4n) is 1.14. The Balaban J connectivity index is 3.95. The van der Waals surface area contributed by atoms with Gasteiger partial charge in [0.25, 0.3) is 0 Å². The van der Waals surface area contributed by atoms with Gasteiger partial charge in [0.2, 0.25) is 11.8 Å². The molecule has 0 saturated carbocycles. The third kappa shape index (κ3) is 9.50. The second-order valence-electron chi connectivity index (χ2n) is 3.90. The zero-order valence-corrected chi connectivity index (χ0v) is 11.5. The van der Waals surface area contributed by atoms with Crippen LogP contribution in [0.4, 0.5) is 0 Å². The van der Waals surface area contributed by atoms with Gasteiger partial charge in [0.1, 0.15) is 0 Å². The molecule has 18 heavy (non-hydrogen) atoms. The highest BCUT2D eigenvalue weighted by Gasteiger charge is 1.96. The minimum absolute atomic E-state index is 0.0523. The van der Waals surface area contributed by atoms with Gasteiger partial charge >= 0.3 is 0 Å². The standard InChI is InChI=1S/C12H22N4O2/c1-9(13-5-7-15-11(3)17)10(2)14-6-8-16-12(4)18/h5-8H2,1-4H3,(H,15,17)(H,16,18). The first-order valence-corrected chi connectivity index (χ1v) is 5.95. The van der Waals surface area contributed by atoms with E-state index >= 15 is 0 Å². The molecule has 0 bridgehead atoms. The first-order chi connectivity index (χ1) is 8.43. The maximum Gasteiger partial charge on any atom is 0.216 e. The Morgan fingerprint density at radius 1 is 0.778 bits per heavy atom. The molecule has 0 rings (SSSR count). The van der Waals surface area contributed by atoms with Crippen LogP contribution in [0.15, 0.2) is 9.98 Å². The summed E-state index contributed by atoms with van der Waals surface area (Å²) >= 11 is 0. The molecule has 0 unspecified atom stereocenters. The number of rotatable bonds is 7. The first-order valence-electron chi connectivity index (χ1n) is 5.95. The molecule has 0 radical (unpaired) electrons. The summed E-state index contributed by atoms with van der Waals surface area (Å²) in [7, 11) is 0. The number of carbonyl (C=O) groups excluding carboxylic acids is 2. The van der Waals surface area contributed by atoms with Crippen LogP contribution in [0, 0.1) is 0 Å². The Kier molecular flexibility index (Phi) is 8.43. The van der Waals surface area contributed by atoms with Crippen LogP contribution < -0.4 is 10.6 Å². The molecule has 2 amide bonds. The van der Waals surface area contributed by atoms with Crippen molar-refractivity contribution in [1.29, 1.82) is 0 Å². The first kappa shape index (κ1) is 16.3. The van der Waals surface area contributed by atoms with Crippen molar-refractivity contribution in [3.05, 3.63) is 0 Å². The van der Waals surface area contributed by atoms with Crippen molar-refractivity contribution in [2.75, 3.05) is 26.2 Å². The molecule has 102 valence electrons. The van der Waals surface area contributed by atoms with Crippen LogP contribution in [0.5, 0.6) is 0 Å². The van der Waals surface area contributed by atoms with Crippen LogP contribution in [-0.2, 0) is 9.59 Å². The summed E-state index contributed by atoms with van der Waals surface area (Å²) in [5.74, 6) is -0.105. The number of hydrogen-bond donors (Lipinski definition) is 2. The summed E-state index contributed by atoms with van der Waals surface area (Å²) in [5.41, 5.74) is 1.70. The summed E-state index contributed by atoms with van der Waals surface area (Å²) in [6, 6.07) is 0. The maximum atomic E-state index is 10.6. The van der Waals surface area contributed by atoms with E-state index in [1.807, 2.05) is 13.8 Å². The molecule has 0 aliphatic heterocycles. The van der Waals surface area contributed by atoms with Crippen molar-refractivity contribution in [3.8, 4) is 0 Å². The Morgan fingerprint density at radius 2 is 1.11 bits per heavy atom. The number of nitrogens with one attached hydrogen (secondary N) is 2. The van der Waals surface area contributed by atoms with Gasteiger partial charge in [-0.25, -0.2) is 0 Å². The molecular weight excluding hydrogens is 232 g/mol. The fourth-order valence-corrected chi connectivity index (χ4v) is 1.14. The number of hydrogen-bond acceptors (Lipinski definition) is 4. The number of carbonyl (C=O) groups is 2. The van der Waals surface area contributed by atoms with E-state index in [0.29, 0.717) is 26.2 Å². The van der Waals surface area contributed by atoms with Gasteiger partial charge in [-0.1, -0.05) is 0 Å². The zero-order chi connectivity index (χ0) is 14.0. The SMILES string of the molecule is CC(=O)NCCN=C(C)C(C)=NCCNC(C)=O. The molecule has 0 atom stereocenters. The molecule has 6 nitrogen and oxygen atoms in total. The number of nitrogens with zero attached hydrogens (tertiary/aromatic N) is 2. The molecule has 0 aromatic heterocycles. The Hall–Kier alpha value is -1.72. The lowest BCUT2D eigenvalue weighted by molar-refractivity contribution is -0.119. The van der Waals surface area contributed by atoms with Crippen molar-refractivity contribution >= 4 is 23.2 Å². The molecule has 0 spiro atoms. The minimum atomic E-state index is -0.0523. The molecule has 2 N–H and O–H groups in total. The van der Waals surface area contributed by atoms with Crippen LogP contribution in [-0.4, -0.2) is 49.4 Å². The van der Waals surface area contributed by atoms with Crippen molar-refractivity contribution in [2.24, 2.45) is 9.98 Å². The second-order valence-corrected chi connectivity index (χ2v) is 3.90. The number of amides is 2. The largest absolute Gasteiger partial charge is 0.354 e. The lowest BCUT2D eigenvalue weighted by Crippen LogP contribution is -2.24. The van der Waals surface area contributed by atoms with Gasteiger partial charge in [0.05, 0.1) is 24.5 Å². The molecule has 0 aromatic carbocycles. The molecule has 0 fully saturated rings. The van der Waals surface area contributed by atoms with E-state index in [4.69, 9.17) is 0 Å². The third-order valence-electron chi connectivity index (χ3n) is 2.19. The molecule has 0 aliphatic rings. The number of aliphatic imine (C=N–C) groups is 2. The Bertz CT molecular complexity index is 314. The lowest BCUT2D eigenvalue weighted by atomic mass is 10.3. The molecule has 0 heterocycles. The monoisotopic (exact) mass is 254 g/mol. The minimum Gasteiger partial charge on any atom is -0.354 e. The predicted octanol–water partition coefficient (Wildman–Crippen LogP) is 0.180. The highest BCUT2D eigenvalue weighted by molar-refractivity contribution is 6.40. The van der Waals surface area contributed by atoms with E-state index in [0.717, 1.165) is 11.4 Å². The van der Waals surface area contributed by atoms with Crippen LogP contribution in [0.25, 0.3) is 0 Å². The smallest absolute Gasteiger partial charge is 0.216 e. The van der Waals surface area contributed by atoms with Gasteiger partial charge in [-0.3, -0.25) is 19.6 Å². The molecule has 6 heteroatoms. The van der Waals surface area contributed by atoms with Crippen LogP contribution in [0.1, 0.15) is 27.7 Å². The second kappa shape index (κ2) is 9.32. The van der Waals surface area contributed by atoms with Crippen LogP contribution >= 0.6 is 0 Å². The summed E-state index contributed by atoms with van der Waals surface area (Å²) in [6.07, 6.45) is 0. The highest BCUT2D eigenvalue weighted by atomic mass is 16.1. The predicted molar refractivity (Wildman–Crippen MR) is 73.3 cm³/mol. The molecule has 0 saturated heterocycles. The summed E-state index contributed by atoms with van der Waals surface area (Å²) in [6.45, 7) is 8.87. The van der Waals surface area contributed by atoms with Gasteiger partial charge in [-0.2, -0.15) is 0 Å². The van der Waals surface area contributed by atoms with Gasteiger partial charge in [-0.15, -0.1) is 0 Å². The van der Waals surface area contributed by atoms with E-state index in [2.05, 4.69) is 20.6 Å². The van der Waals surface area contributed by atoms with Crippen molar-refractivity contribution < 1.29 is 9.59 Å². The fraction of sp³-hybridized carbons (Fsp3) is 0.667. The van der Waals surface area contributed by atoms with Gasteiger partial charge in [0, 0.05) is 26.9 Å². The van der Waals surface area contributed by atoms with Crippen molar-refractivity contribution in [3.63, 3.8) is 0 Å². The lowest BCUT2D eigenvalue weighted by Gasteiger charge is -2.03.